The van der Waals surface area contributed by atoms with Crippen LogP contribution < -0.4 is 5.32 Å². The van der Waals surface area contributed by atoms with Crippen LogP contribution in [0.15, 0.2) is 30.3 Å². The Morgan fingerprint density at radius 2 is 1.96 bits per heavy atom. The highest BCUT2D eigenvalue weighted by molar-refractivity contribution is 5.78. The number of rotatable bonds is 4. The highest BCUT2D eigenvalue weighted by atomic mass is 16.6. The zero-order valence-electron chi connectivity index (χ0n) is 15.9. The van der Waals surface area contributed by atoms with E-state index in [-0.39, 0.29) is 18.0 Å². The van der Waals surface area contributed by atoms with Gasteiger partial charge in [-0.15, -0.1) is 0 Å². The summed E-state index contributed by atoms with van der Waals surface area (Å²) in [6.45, 7) is 8.62. The summed E-state index contributed by atoms with van der Waals surface area (Å²) < 4.78 is 5.42. The summed E-state index contributed by atoms with van der Waals surface area (Å²) in [4.78, 5) is 28.8. The molecule has 0 saturated carbocycles. The zero-order chi connectivity index (χ0) is 18.7. The van der Waals surface area contributed by atoms with Crippen molar-refractivity contribution in [2.45, 2.75) is 57.8 Å². The zero-order valence-corrected chi connectivity index (χ0v) is 15.9. The van der Waals surface area contributed by atoms with Crippen LogP contribution in [0.4, 0.5) is 4.79 Å². The molecule has 1 N–H and O–H groups in total. The second-order valence-electron chi connectivity index (χ2n) is 8.19. The fourth-order valence-electron chi connectivity index (χ4n) is 3.77. The lowest BCUT2D eigenvalue weighted by molar-refractivity contribution is -0.129. The maximum Gasteiger partial charge on any atom is 0.407 e. The standard InChI is InChI=1S/C20H29N3O3/c1-20(2,3)26-19(25)21-16-13-22(12-15-8-5-4-6-9-15)14-17(16)23-11-7-10-18(23)24/h4-6,8-9,16-17H,7,10-14H2,1-3H3,(H,21,25)/t16-,17?/m0/s1. The molecular formula is C20H29N3O3. The fourth-order valence-corrected chi connectivity index (χ4v) is 3.77. The van der Waals surface area contributed by atoms with Gasteiger partial charge in [0.15, 0.2) is 0 Å². The number of ether oxygens (including phenoxy) is 1. The lowest BCUT2D eigenvalue weighted by Gasteiger charge is -2.30. The molecule has 2 aliphatic heterocycles. The number of amides is 2. The van der Waals surface area contributed by atoms with Gasteiger partial charge in [0, 0.05) is 32.6 Å². The molecule has 6 nitrogen and oxygen atoms in total. The molecule has 142 valence electrons. The second kappa shape index (κ2) is 7.66. The van der Waals surface area contributed by atoms with E-state index in [1.54, 1.807) is 0 Å². The van der Waals surface area contributed by atoms with Crippen LogP contribution in [0, 0.1) is 0 Å². The maximum atomic E-state index is 12.3. The van der Waals surface area contributed by atoms with Crippen LogP contribution >= 0.6 is 0 Å². The number of carbonyl (C=O) groups excluding carboxylic acids is 2. The van der Waals surface area contributed by atoms with Gasteiger partial charge in [0.1, 0.15) is 5.60 Å². The molecule has 0 aliphatic carbocycles. The Balaban J connectivity index is 1.69. The highest BCUT2D eigenvalue weighted by Crippen LogP contribution is 2.24. The van der Waals surface area contributed by atoms with Crippen LogP contribution in [0.1, 0.15) is 39.2 Å². The van der Waals surface area contributed by atoms with E-state index in [9.17, 15) is 9.59 Å². The van der Waals surface area contributed by atoms with E-state index in [4.69, 9.17) is 4.74 Å². The number of benzene rings is 1. The topological polar surface area (TPSA) is 61.9 Å². The number of carbonyl (C=O) groups is 2. The van der Waals surface area contributed by atoms with Crippen LogP contribution in [0.3, 0.4) is 0 Å². The Morgan fingerprint density at radius 3 is 2.58 bits per heavy atom. The van der Waals surface area contributed by atoms with Gasteiger partial charge >= 0.3 is 6.09 Å². The molecule has 2 saturated heterocycles. The number of likely N-dealkylation sites (tertiary alicyclic amines) is 2. The van der Waals surface area contributed by atoms with E-state index in [0.717, 1.165) is 26.1 Å². The van der Waals surface area contributed by atoms with Crippen molar-refractivity contribution in [1.29, 1.82) is 0 Å². The Labute approximate surface area is 155 Å². The first-order chi connectivity index (χ1) is 12.3. The molecule has 0 radical (unpaired) electrons. The molecule has 2 heterocycles. The molecule has 6 heteroatoms. The van der Waals surface area contributed by atoms with E-state index < -0.39 is 11.7 Å². The van der Waals surface area contributed by atoms with Gasteiger partial charge in [-0.25, -0.2) is 4.79 Å². The summed E-state index contributed by atoms with van der Waals surface area (Å²) in [5, 5.41) is 3.00. The van der Waals surface area contributed by atoms with Crippen LogP contribution in [0.25, 0.3) is 0 Å². The quantitative estimate of drug-likeness (QED) is 0.897. The lowest BCUT2D eigenvalue weighted by atomic mass is 10.1. The van der Waals surface area contributed by atoms with Crippen LogP contribution in [-0.4, -0.2) is 59.1 Å². The van der Waals surface area contributed by atoms with Crippen molar-refractivity contribution in [1.82, 2.24) is 15.1 Å². The predicted octanol–water partition coefficient (Wildman–Crippen LogP) is 2.39. The number of hydrogen-bond donors (Lipinski definition) is 1. The Morgan fingerprint density at radius 1 is 1.23 bits per heavy atom. The molecule has 0 bridgehead atoms. The molecule has 0 aromatic heterocycles. The lowest BCUT2D eigenvalue weighted by Crippen LogP contribution is -2.52. The summed E-state index contributed by atoms with van der Waals surface area (Å²) >= 11 is 0. The van der Waals surface area contributed by atoms with E-state index in [1.807, 2.05) is 43.9 Å². The molecule has 3 rings (SSSR count). The minimum absolute atomic E-state index is 0.00114. The monoisotopic (exact) mass is 359 g/mol. The van der Waals surface area contributed by atoms with Crippen LogP contribution in [0.2, 0.25) is 0 Å². The molecule has 1 aromatic carbocycles. The van der Waals surface area contributed by atoms with Crippen molar-refractivity contribution < 1.29 is 14.3 Å². The Kier molecular flexibility index (Phi) is 5.51. The molecule has 0 spiro atoms. The summed E-state index contributed by atoms with van der Waals surface area (Å²) in [7, 11) is 0. The second-order valence-corrected chi connectivity index (χ2v) is 8.19. The van der Waals surface area contributed by atoms with E-state index in [0.29, 0.717) is 13.0 Å². The average molecular weight is 359 g/mol. The molecular weight excluding hydrogens is 330 g/mol. The van der Waals surface area contributed by atoms with Crippen molar-refractivity contribution in [2.24, 2.45) is 0 Å². The van der Waals surface area contributed by atoms with Crippen molar-refractivity contribution in [3.8, 4) is 0 Å². The highest BCUT2D eigenvalue weighted by Gasteiger charge is 2.41. The largest absolute Gasteiger partial charge is 0.444 e. The smallest absolute Gasteiger partial charge is 0.407 e. The maximum absolute atomic E-state index is 12.3. The number of nitrogens with one attached hydrogen (secondary N) is 1. The van der Waals surface area contributed by atoms with Gasteiger partial charge in [-0.05, 0) is 32.8 Å². The summed E-state index contributed by atoms with van der Waals surface area (Å²) in [5.74, 6) is 0.188. The minimum Gasteiger partial charge on any atom is -0.444 e. The van der Waals surface area contributed by atoms with Gasteiger partial charge in [0.05, 0.1) is 12.1 Å². The van der Waals surface area contributed by atoms with Crippen molar-refractivity contribution in [3.05, 3.63) is 35.9 Å². The summed E-state index contributed by atoms with van der Waals surface area (Å²) in [6.07, 6.45) is 1.09. The van der Waals surface area contributed by atoms with Gasteiger partial charge in [-0.1, -0.05) is 30.3 Å². The molecule has 26 heavy (non-hydrogen) atoms. The van der Waals surface area contributed by atoms with Crippen molar-refractivity contribution in [3.63, 3.8) is 0 Å². The third kappa shape index (κ3) is 4.75. The first-order valence-electron chi connectivity index (χ1n) is 9.37. The SMILES string of the molecule is CC(C)(C)OC(=O)N[C@H]1CN(Cc2ccccc2)CC1N1CCCC1=O. The first kappa shape index (κ1) is 18.7. The van der Waals surface area contributed by atoms with Crippen LogP contribution in [0.5, 0.6) is 0 Å². The van der Waals surface area contributed by atoms with Gasteiger partial charge in [0.25, 0.3) is 0 Å². The number of hydrogen-bond acceptors (Lipinski definition) is 4. The van der Waals surface area contributed by atoms with E-state index in [1.165, 1.54) is 5.56 Å². The molecule has 2 amide bonds. The third-order valence-corrected chi connectivity index (χ3v) is 4.83. The Bertz CT molecular complexity index is 641. The predicted molar refractivity (Wildman–Crippen MR) is 99.6 cm³/mol. The van der Waals surface area contributed by atoms with Gasteiger partial charge in [-0.3, -0.25) is 9.69 Å². The molecule has 2 fully saturated rings. The first-order valence-corrected chi connectivity index (χ1v) is 9.37. The molecule has 1 aromatic rings. The molecule has 2 aliphatic rings. The molecule has 2 atom stereocenters. The molecule has 1 unspecified atom stereocenters. The number of nitrogens with zero attached hydrogens (tertiary/aromatic N) is 2. The summed E-state index contributed by atoms with van der Waals surface area (Å²) in [5.41, 5.74) is 0.697. The minimum atomic E-state index is -0.536. The third-order valence-electron chi connectivity index (χ3n) is 4.83. The fraction of sp³-hybridized carbons (Fsp3) is 0.600. The number of alkyl carbamates (subject to hydrolysis) is 1. The van der Waals surface area contributed by atoms with E-state index >= 15 is 0 Å². The Hall–Kier alpha value is -2.08. The average Bonchev–Trinajstić information content (AvgIpc) is 3.12. The van der Waals surface area contributed by atoms with Gasteiger partial charge in [0.2, 0.25) is 5.91 Å². The normalized spacial score (nSPS) is 24.1. The van der Waals surface area contributed by atoms with Gasteiger partial charge < -0.3 is 15.0 Å². The summed E-state index contributed by atoms with van der Waals surface area (Å²) in [6, 6.07) is 10.2. The van der Waals surface area contributed by atoms with Gasteiger partial charge in [-0.2, -0.15) is 0 Å². The van der Waals surface area contributed by atoms with Crippen molar-refractivity contribution in [2.75, 3.05) is 19.6 Å². The van der Waals surface area contributed by atoms with E-state index in [2.05, 4.69) is 22.3 Å². The van der Waals surface area contributed by atoms with Crippen molar-refractivity contribution >= 4 is 12.0 Å². The van der Waals surface area contributed by atoms with Crippen LogP contribution in [-0.2, 0) is 16.1 Å².